The molecule has 0 radical (unpaired) electrons. The van der Waals surface area contributed by atoms with E-state index in [0.29, 0.717) is 43.4 Å². The van der Waals surface area contributed by atoms with Crippen molar-refractivity contribution in [3.05, 3.63) is 28.8 Å². The molecule has 1 aromatic rings. The number of hydrogen-bond acceptors (Lipinski definition) is 3. The van der Waals surface area contributed by atoms with E-state index in [-0.39, 0.29) is 5.91 Å². The standard InChI is InChI=1S/C20H30N2O3S/c1-15-12-16(2)20(17(3)13-15)26(24,25)22-10-8-21(9-11-22)19(23)14-18-6-4-5-7-18/h12-13,18H,4-11,14H2,1-3H3. The molecule has 1 aliphatic heterocycles. The van der Waals surface area contributed by atoms with E-state index in [4.69, 9.17) is 0 Å². The predicted octanol–water partition coefficient (Wildman–Crippen LogP) is 3.03. The molecule has 0 aromatic heterocycles. The zero-order chi connectivity index (χ0) is 18.9. The molecule has 0 atom stereocenters. The molecule has 6 heteroatoms. The van der Waals surface area contributed by atoms with E-state index < -0.39 is 10.0 Å². The normalized spacial score (nSPS) is 19.9. The molecule has 0 N–H and O–H groups in total. The monoisotopic (exact) mass is 378 g/mol. The fourth-order valence-electron chi connectivity index (χ4n) is 4.47. The molecule has 26 heavy (non-hydrogen) atoms. The third-order valence-electron chi connectivity index (χ3n) is 5.73. The van der Waals surface area contributed by atoms with Gasteiger partial charge in [-0.15, -0.1) is 0 Å². The van der Waals surface area contributed by atoms with E-state index in [9.17, 15) is 13.2 Å². The molecule has 1 aliphatic carbocycles. The number of benzene rings is 1. The van der Waals surface area contributed by atoms with Gasteiger partial charge in [-0.3, -0.25) is 4.79 Å². The summed E-state index contributed by atoms with van der Waals surface area (Å²) in [5, 5.41) is 0. The third kappa shape index (κ3) is 3.96. The molecular formula is C20H30N2O3S. The van der Waals surface area contributed by atoms with Crippen LogP contribution in [0.25, 0.3) is 0 Å². The molecule has 0 bridgehead atoms. The lowest BCUT2D eigenvalue weighted by Crippen LogP contribution is -2.50. The largest absolute Gasteiger partial charge is 0.340 e. The van der Waals surface area contributed by atoms with Crippen molar-refractivity contribution in [1.29, 1.82) is 0 Å². The van der Waals surface area contributed by atoms with Crippen LogP contribution in [0.15, 0.2) is 17.0 Å². The summed E-state index contributed by atoms with van der Waals surface area (Å²) >= 11 is 0. The summed E-state index contributed by atoms with van der Waals surface area (Å²) in [6.07, 6.45) is 5.42. The van der Waals surface area contributed by atoms with Crippen molar-refractivity contribution in [3.63, 3.8) is 0 Å². The number of nitrogens with zero attached hydrogens (tertiary/aromatic N) is 2. The van der Waals surface area contributed by atoms with Crippen molar-refractivity contribution in [3.8, 4) is 0 Å². The van der Waals surface area contributed by atoms with Gasteiger partial charge in [0.2, 0.25) is 15.9 Å². The van der Waals surface area contributed by atoms with Crippen LogP contribution in [0.4, 0.5) is 0 Å². The average molecular weight is 379 g/mol. The average Bonchev–Trinajstić information content (AvgIpc) is 3.06. The van der Waals surface area contributed by atoms with Crippen LogP contribution >= 0.6 is 0 Å². The topological polar surface area (TPSA) is 57.7 Å². The summed E-state index contributed by atoms with van der Waals surface area (Å²) < 4.78 is 27.8. The summed E-state index contributed by atoms with van der Waals surface area (Å²) in [7, 11) is -3.52. The molecular weight excluding hydrogens is 348 g/mol. The number of carbonyl (C=O) groups excluding carboxylic acids is 1. The second kappa shape index (κ2) is 7.69. The van der Waals surface area contributed by atoms with E-state index in [1.54, 1.807) is 0 Å². The van der Waals surface area contributed by atoms with Crippen LogP contribution in [-0.4, -0.2) is 49.7 Å². The van der Waals surface area contributed by atoms with Crippen molar-refractivity contribution < 1.29 is 13.2 Å². The van der Waals surface area contributed by atoms with Crippen molar-refractivity contribution >= 4 is 15.9 Å². The van der Waals surface area contributed by atoms with Gasteiger partial charge in [0.1, 0.15) is 0 Å². The zero-order valence-electron chi connectivity index (χ0n) is 16.1. The van der Waals surface area contributed by atoms with E-state index in [1.165, 1.54) is 17.1 Å². The van der Waals surface area contributed by atoms with Crippen LogP contribution in [0.5, 0.6) is 0 Å². The highest BCUT2D eigenvalue weighted by Gasteiger charge is 2.32. The Morgan fingerprint density at radius 3 is 2.08 bits per heavy atom. The summed E-state index contributed by atoms with van der Waals surface area (Å²) in [6, 6.07) is 3.84. The van der Waals surface area contributed by atoms with Crippen LogP contribution in [0.3, 0.4) is 0 Å². The first-order valence-corrected chi connectivity index (χ1v) is 11.1. The minimum Gasteiger partial charge on any atom is -0.340 e. The lowest BCUT2D eigenvalue weighted by molar-refractivity contribution is -0.133. The Morgan fingerprint density at radius 1 is 1.00 bits per heavy atom. The predicted molar refractivity (Wildman–Crippen MR) is 103 cm³/mol. The number of sulfonamides is 1. The van der Waals surface area contributed by atoms with Gasteiger partial charge in [0, 0.05) is 32.6 Å². The molecule has 5 nitrogen and oxygen atoms in total. The van der Waals surface area contributed by atoms with Gasteiger partial charge in [-0.05, 0) is 50.7 Å². The van der Waals surface area contributed by atoms with Crippen LogP contribution in [-0.2, 0) is 14.8 Å². The first-order valence-electron chi connectivity index (χ1n) is 9.65. The van der Waals surface area contributed by atoms with Crippen molar-refractivity contribution in [1.82, 2.24) is 9.21 Å². The summed E-state index contributed by atoms with van der Waals surface area (Å²) in [4.78, 5) is 14.8. The number of rotatable bonds is 4. The molecule has 1 amide bonds. The first-order chi connectivity index (χ1) is 12.3. The van der Waals surface area contributed by atoms with Gasteiger partial charge in [-0.25, -0.2) is 8.42 Å². The molecule has 0 unspecified atom stereocenters. The highest BCUT2D eigenvalue weighted by Crippen LogP contribution is 2.29. The van der Waals surface area contributed by atoms with E-state index in [2.05, 4.69) is 0 Å². The molecule has 1 aromatic carbocycles. The lowest BCUT2D eigenvalue weighted by atomic mass is 10.0. The number of amides is 1. The summed E-state index contributed by atoms with van der Waals surface area (Å²) in [6.45, 7) is 7.44. The fourth-order valence-corrected chi connectivity index (χ4v) is 6.30. The highest BCUT2D eigenvalue weighted by molar-refractivity contribution is 7.89. The Bertz CT molecular complexity index is 751. The third-order valence-corrected chi connectivity index (χ3v) is 7.94. The molecule has 1 heterocycles. The second-order valence-electron chi connectivity index (χ2n) is 7.87. The highest BCUT2D eigenvalue weighted by atomic mass is 32.2. The molecule has 144 valence electrons. The Morgan fingerprint density at radius 2 is 1.54 bits per heavy atom. The van der Waals surface area contributed by atoms with Gasteiger partial charge >= 0.3 is 0 Å². The van der Waals surface area contributed by atoms with Crippen molar-refractivity contribution in [2.24, 2.45) is 5.92 Å². The van der Waals surface area contributed by atoms with Gasteiger partial charge in [-0.1, -0.05) is 30.5 Å². The molecule has 2 fully saturated rings. The van der Waals surface area contributed by atoms with Crippen molar-refractivity contribution in [2.45, 2.75) is 57.8 Å². The lowest BCUT2D eigenvalue weighted by Gasteiger charge is -2.35. The Kier molecular flexibility index (Phi) is 5.72. The maximum absolute atomic E-state index is 13.1. The number of piperazine rings is 1. The van der Waals surface area contributed by atoms with E-state index in [0.717, 1.165) is 29.5 Å². The molecule has 0 spiro atoms. The fraction of sp³-hybridized carbons (Fsp3) is 0.650. The molecule has 1 saturated heterocycles. The summed E-state index contributed by atoms with van der Waals surface area (Å²) in [5.74, 6) is 0.721. The van der Waals surface area contributed by atoms with Gasteiger partial charge in [0.25, 0.3) is 0 Å². The number of aryl methyl sites for hydroxylation is 3. The quantitative estimate of drug-likeness (QED) is 0.809. The van der Waals surface area contributed by atoms with Crippen LogP contribution in [0, 0.1) is 26.7 Å². The maximum atomic E-state index is 13.1. The Balaban J connectivity index is 1.66. The van der Waals surface area contributed by atoms with E-state index >= 15 is 0 Å². The Hall–Kier alpha value is -1.40. The Labute approximate surface area is 157 Å². The van der Waals surface area contributed by atoms with Crippen LogP contribution in [0.2, 0.25) is 0 Å². The molecule has 3 rings (SSSR count). The SMILES string of the molecule is Cc1cc(C)c(S(=O)(=O)N2CCN(C(=O)CC3CCCC3)CC2)c(C)c1. The summed E-state index contributed by atoms with van der Waals surface area (Å²) in [5.41, 5.74) is 2.66. The zero-order valence-corrected chi connectivity index (χ0v) is 16.9. The van der Waals surface area contributed by atoms with Gasteiger partial charge in [-0.2, -0.15) is 4.31 Å². The number of carbonyl (C=O) groups is 1. The minimum absolute atomic E-state index is 0.191. The maximum Gasteiger partial charge on any atom is 0.243 e. The molecule has 2 aliphatic rings. The number of hydrogen-bond donors (Lipinski definition) is 0. The minimum atomic E-state index is -3.52. The first kappa shape index (κ1) is 19.4. The van der Waals surface area contributed by atoms with Gasteiger partial charge < -0.3 is 4.90 Å². The van der Waals surface area contributed by atoms with E-state index in [1.807, 2.05) is 37.8 Å². The second-order valence-corrected chi connectivity index (χ2v) is 9.74. The van der Waals surface area contributed by atoms with Crippen molar-refractivity contribution in [2.75, 3.05) is 26.2 Å². The smallest absolute Gasteiger partial charge is 0.243 e. The van der Waals surface area contributed by atoms with Crippen LogP contribution in [0.1, 0.15) is 48.8 Å². The van der Waals surface area contributed by atoms with Gasteiger partial charge in [0.15, 0.2) is 0 Å². The van der Waals surface area contributed by atoms with Gasteiger partial charge in [0.05, 0.1) is 4.90 Å². The molecule has 1 saturated carbocycles. The van der Waals surface area contributed by atoms with Crippen LogP contribution < -0.4 is 0 Å².